The maximum atomic E-state index is 13.9. The molecule has 0 aliphatic heterocycles. The van der Waals surface area contributed by atoms with Crippen molar-refractivity contribution in [1.82, 2.24) is 10.2 Å². The maximum absolute atomic E-state index is 13.9. The van der Waals surface area contributed by atoms with Crippen LogP contribution in [0.15, 0.2) is 83.8 Å². The molecule has 2 amide bonds. The fourth-order valence-corrected chi connectivity index (χ4v) is 5.51. The van der Waals surface area contributed by atoms with Crippen LogP contribution in [0, 0.1) is 12.8 Å². The Hall–Kier alpha value is -3.65. The number of nitrogens with zero attached hydrogens (tertiary/aromatic N) is 2. The summed E-state index contributed by atoms with van der Waals surface area (Å²) in [6, 6.07) is 22.1. The lowest BCUT2D eigenvalue weighted by molar-refractivity contribution is -0.139. The number of carbonyl (C=O) groups is 2. The topological polar surface area (TPSA) is 86.8 Å². The molecule has 1 unspecified atom stereocenters. The molecule has 3 aromatic rings. The van der Waals surface area contributed by atoms with E-state index >= 15 is 0 Å². The van der Waals surface area contributed by atoms with Gasteiger partial charge >= 0.3 is 0 Å². The lowest BCUT2D eigenvalue weighted by Crippen LogP contribution is -2.51. The van der Waals surface area contributed by atoms with Gasteiger partial charge in [-0.1, -0.05) is 80.9 Å². The van der Waals surface area contributed by atoms with E-state index in [2.05, 4.69) is 5.32 Å². The van der Waals surface area contributed by atoms with Crippen molar-refractivity contribution >= 4 is 27.5 Å². The number of hydrogen-bond donors (Lipinski definition) is 1. The third kappa shape index (κ3) is 7.93. The Morgan fingerprint density at radius 3 is 2.00 bits per heavy atom. The Labute approximate surface area is 232 Å². The lowest BCUT2D eigenvalue weighted by Gasteiger charge is -2.32. The van der Waals surface area contributed by atoms with Gasteiger partial charge in [-0.3, -0.25) is 13.9 Å². The number of carbonyl (C=O) groups excluding carboxylic acids is 2. The van der Waals surface area contributed by atoms with Gasteiger partial charge in [-0.2, -0.15) is 0 Å². The van der Waals surface area contributed by atoms with Crippen molar-refractivity contribution in [1.29, 1.82) is 0 Å². The molecule has 8 heteroatoms. The summed E-state index contributed by atoms with van der Waals surface area (Å²) in [6.07, 6.45) is 0.804. The normalized spacial score (nSPS) is 12.2. The average Bonchev–Trinajstić information content (AvgIpc) is 2.94. The van der Waals surface area contributed by atoms with Crippen molar-refractivity contribution < 1.29 is 18.0 Å². The van der Waals surface area contributed by atoms with Crippen LogP contribution >= 0.6 is 0 Å². The summed E-state index contributed by atoms with van der Waals surface area (Å²) in [5.41, 5.74) is 3.37. The van der Waals surface area contributed by atoms with Gasteiger partial charge in [-0.25, -0.2) is 8.42 Å². The first kappa shape index (κ1) is 29.9. The minimum atomic E-state index is -4.06. The van der Waals surface area contributed by atoms with E-state index < -0.39 is 28.5 Å². The standard InChI is InChI=1S/C31H39N3O4S/c1-6-26-16-18-28(19-17-26)34(39(37,38)29-10-8-7-9-11-29)22-30(35)33(21-27-14-12-24(4)13-15-27)25(5)31(36)32-20-23(2)3/h7-19,23,25H,6,20-22H2,1-5H3,(H,32,36). The molecule has 0 spiro atoms. The third-order valence-electron chi connectivity index (χ3n) is 6.57. The number of hydrogen-bond acceptors (Lipinski definition) is 4. The zero-order valence-electron chi connectivity index (χ0n) is 23.4. The van der Waals surface area contributed by atoms with Crippen molar-refractivity contribution in [2.75, 3.05) is 17.4 Å². The quantitative estimate of drug-likeness (QED) is 0.347. The molecule has 0 aliphatic carbocycles. The molecule has 0 aromatic heterocycles. The van der Waals surface area contributed by atoms with Crippen LogP contribution in [0.2, 0.25) is 0 Å². The first-order valence-corrected chi connectivity index (χ1v) is 14.8. The van der Waals surface area contributed by atoms with Gasteiger partial charge in [0.05, 0.1) is 10.6 Å². The lowest BCUT2D eigenvalue weighted by atomic mass is 10.1. The third-order valence-corrected chi connectivity index (χ3v) is 8.36. The van der Waals surface area contributed by atoms with E-state index in [1.54, 1.807) is 37.3 Å². The minimum absolute atomic E-state index is 0.0881. The van der Waals surface area contributed by atoms with Gasteiger partial charge in [0.2, 0.25) is 11.8 Å². The van der Waals surface area contributed by atoms with Crippen molar-refractivity contribution in [2.45, 2.75) is 58.5 Å². The van der Waals surface area contributed by atoms with Crippen LogP contribution in [-0.2, 0) is 32.6 Å². The van der Waals surface area contributed by atoms with E-state index in [1.165, 1.54) is 17.0 Å². The second-order valence-corrected chi connectivity index (χ2v) is 12.0. The SMILES string of the molecule is CCc1ccc(N(CC(=O)N(Cc2ccc(C)cc2)C(C)C(=O)NCC(C)C)S(=O)(=O)c2ccccc2)cc1. The maximum Gasteiger partial charge on any atom is 0.264 e. The molecule has 0 aliphatic rings. The predicted molar refractivity (Wildman–Crippen MR) is 156 cm³/mol. The van der Waals surface area contributed by atoms with Crippen LogP contribution in [0.4, 0.5) is 5.69 Å². The van der Waals surface area contributed by atoms with Gasteiger partial charge < -0.3 is 10.2 Å². The number of anilines is 1. The number of rotatable bonds is 12. The highest BCUT2D eigenvalue weighted by molar-refractivity contribution is 7.92. The van der Waals surface area contributed by atoms with Crippen LogP contribution in [0.1, 0.15) is 44.4 Å². The molecule has 1 N–H and O–H groups in total. The number of sulfonamides is 1. The fourth-order valence-electron chi connectivity index (χ4n) is 4.07. The molecule has 1 atom stereocenters. The smallest absolute Gasteiger partial charge is 0.264 e. The van der Waals surface area contributed by atoms with Gasteiger partial charge in [-0.15, -0.1) is 0 Å². The molecule has 208 valence electrons. The Kier molecular flexibility index (Phi) is 10.3. The zero-order valence-corrected chi connectivity index (χ0v) is 24.2. The zero-order chi connectivity index (χ0) is 28.6. The van der Waals surface area contributed by atoms with Gasteiger partial charge in [0.1, 0.15) is 12.6 Å². The summed E-state index contributed by atoms with van der Waals surface area (Å²) in [6.45, 7) is 9.87. The second-order valence-electron chi connectivity index (χ2n) is 10.2. The highest BCUT2D eigenvalue weighted by Crippen LogP contribution is 2.25. The molecule has 0 radical (unpaired) electrons. The van der Waals surface area contributed by atoms with E-state index in [1.807, 2.05) is 64.1 Å². The average molecular weight is 550 g/mol. The molecular formula is C31H39N3O4S. The second kappa shape index (κ2) is 13.4. The Morgan fingerprint density at radius 2 is 1.44 bits per heavy atom. The van der Waals surface area contributed by atoms with Crippen molar-refractivity contribution in [3.8, 4) is 0 Å². The fraction of sp³-hybridized carbons (Fsp3) is 0.355. The summed E-state index contributed by atoms with van der Waals surface area (Å²) < 4.78 is 28.7. The van der Waals surface area contributed by atoms with Gasteiger partial charge in [0, 0.05) is 13.1 Å². The summed E-state index contributed by atoms with van der Waals surface area (Å²) in [5, 5.41) is 2.90. The van der Waals surface area contributed by atoms with E-state index in [0.29, 0.717) is 12.2 Å². The summed E-state index contributed by atoms with van der Waals surface area (Å²) in [7, 11) is -4.06. The Morgan fingerprint density at radius 1 is 0.846 bits per heavy atom. The van der Waals surface area contributed by atoms with Crippen LogP contribution in [0.5, 0.6) is 0 Å². The van der Waals surface area contributed by atoms with Crippen LogP contribution in [-0.4, -0.2) is 44.3 Å². The van der Waals surface area contributed by atoms with E-state index in [4.69, 9.17) is 0 Å². The first-order chi connectivity index (χ1) is 18.5. The number of benzene rings is 3. The summed E-state index contributed by atoms with van der Waals surface area (Å²) >= 11 is 0. The van der Waals surface area contributed by atoms with Crippen LogP contribution in [0.3, 0.4) is 0 Å². The highest BCUT2D eigenvalue weighted by Gasteiger charge is 2.32. The van der Waals surface area contributed by atoms with Crippen molar-refractivity contribution in [3.05, 3.63) is 95.6 Å². The summed E-state index contributed by atoms with van der Waals surface area (Å²) in [5.74, 6) is -0.504. The molecule has 0 saturated heterocycles. The molecule has 0 heterocycles. The monoisotopic (exact) mass is 549 g/mol. The van der Waals surface area contributed by atoms with Gasteiger partial charge in [-0.05, 0) is 61.6 Å². The molecule has 0 saturated carbocycles. The van der Waals surface area contributed by atoms with Crippen molar-refractivity contribution in [2.24, 2.45) is 5.92 Å². The largest absolute Gasteiger partial charge is 0.354 e. The molecule has 3 rings (SSSR count). The molecule has 3 aromatic carbocycles. The van der Waals surface area contributed by atoms with Crippen molar-refractivity contribution in [3.63, 3.8) is 0 Å². The van der Waals surface area contributed by atoms with E-state index in [9.17, 15) is 18.0 Å². The molecular weight excluding hydrogens is 510 g/mol. The van der Waals surface area contributed by atoms with Crippen LogP contribution < -0.4 is 9.62 Å². The van der Waals surface area contributed by atoms with E-state index in [0.717, 1.165) is 27.4 Å². The predicted octanol–water partition coefficient (Wildman–Crippen LogP) is 4.94. The number of amides is 2. The number of nitrogens with one attached hydrogen (secondary N) is 1. The first-order valence-electron chi connectivity index (χ1n) is 13.3. The minimum Gasteiger partial charge on any atom is -0.354 e. The molecule has 0 fully saturated rings. The summed E-state index contributed by atoms with van der Waals surface area (Å²) in [4.78, 5) is 28.5. The Balaban J connectivity index is 1.99. The molecule has 39 heavy (non-hydrogen) atoms. The van der Waals surface area contributed by atoms with Gasteiger partial charge in [0.15, 0.2) is 0 Å². The van der Waals surface area contributed by atoms with Gasteiger partial charge in [0.25, 0.3) is 10.0 Å². The number of aryl methyl sites for hydroxylation is 2. The van der Waals surface area contributed by atoms with E-state index in [-0.39, 0.29) is 23.3 Å². The van der Waals surface area contributed by atoms with Crippen LogP contribution in [0.25, 0.3) is 0 Å². The Bertz CT molecular complexity index is 1340. The highest BCUT2D eigenvalue weighted by atomic mass is 32.2. The molecule has 0 bridgehead atoms. The molecule has 7 nitrogen and oxygen atoms in total.